The van der Waals surface area contributed by atoms with Crippen LogP contribution in [0.4, 0.5) is 0 Å². The molecule has 24 heavy (non-hydrogen) atoms. The van der Waals surface area contributed by atoms with E-state index >= 15 is 0 Å². The number of nitrogens with zero attached hydrogens (tertiary/aromatic N) is 3. The Morgan fingerprint density at radius 2 is 2.00 bits per heavy atom. The van der Waals surface area contributed by atoms with Gasteiger partial charge in [-0.25, -0.2) is 14.8 Å². The molecule has 6 nitrogen and oxygen atoms in total. The molecule has 1 atom stereocenters. The molecule has 3 rings (SSSR count). The van der Waals surface area contributed by atoms with Crippen LogP contribution in [0.25, 0.3) is 0 Å². The van der Waals surface area contributed by atoms with E-state index in [4.69, 9.17) is 4.74 Å². The van der Waals surface area contributed by atoms with Gasteiger partial charge in [0.2, 0.25) is 0 Å². The van der Waals surface area contributed by atoms with Crippen molar-refractivity contribution in [3.8, 4) is 0 Å². The lowest BCUT2D eigenvalue weighted by Crippen LogP contribution is -2.25. The first-order valence-electron chi connectivity index (χ1n) is 7.89. The third-order valence-electron chi connectivity index (χ3n) is 4.34. The summed E-state index contributed by atoms with van der Waals surface area (Å²) in [5.41, 5.74) is 4.25. The SMILES string of the molecule is Cc1ncc(CN(C)CC(O)c2ccc3c(c2C)COC3=O)cn1. The number of likely N-dealkylation sites (N-methyl/N-ethyl adjacent to an activating group) is 1. The van der Waals surface area contributed by atoms with Crippen LogP contribution in [-0.2, 0) is 17.9 Å². The zero-order chi connectivity index (χ0) is 17.3. The Balaban J connectivity index is 1.69. The third kappa shape index (κ3) is 3.29. The predicted octanol–water partition coefficient (Wildman–Crippen LogP) is 1.93. The molecule has 1 aliphatic rings. The summed E-state index contributed by atoms with van der Waals surface area (Å²) in [5.74, 6) is 0.456. The van der Waals surface area contributed by atoms with Crippen LogP contribution in [0.15, 0.2) is 24.5 Å². The molecule has 1 aromatic heterocycles. The number of esters is 1. The second-order valence-corrected chi connectivity index (χ2v) is 6.23. The third-order valence-corrected chi connectivity index (χ3v) is 4.34. The molecular weight excluding hydrogens is 306 g/mol. The molecule has 1 unspecified atom stereocenters. The first kappa shape index (κ1) is 16.5. The molecule has 1 aliphatic heterocycles. The van der Waals surface area contributed by atoms with Gasteiger partial charge in [0.1, 0.15) is 12.4 Å². The Bertz CT molecular complexity index is 759. The average Bonchev–Trinajstić information content (AvgIpc) is 2.92. The number of fused-ring (bicyclic) bond motifs is 1. The number of aliphatic hydroxyl groups excluding tert-OH is 1. The van der Waals surface area contributed by atoms with Crippen molar-refractivity contribution in [3.05, 3.63) is 58.2 Å². The molecule has 0 radical (unpaired) electrons. The highest BCUT2D eigenvalue weighted by Gasteiger charge is 2.25. The number of aryl methyl sites for hydroxylation is 1. The number of benzene rings is 1. The van der Waals surface area contributed by atoms with Crippen molar-refractivity contribution < 1.29 is 14.6 Å². The molecular formula is C18H21N3O3. The minimum atomic E-state index is -0.637. The van der Waals surface area contributed by atoms with Gasteiger partial charge in [-0.3, -0.25) is 4.90 Å². The van der Waals surface area contributed by atoms with Crippen LogP contribution in [0.2, 0.25) is 0 Å². The second-order valence-electron chi connectivity index (χ2n) is 6.23. The van der Waals surface area contributed by atoms with Crippen molar-refractivity contribution in [2.24, 2.45) is 0 Å². The molecule has 0 amide bonds. The summed E-state index contributed by atoms with van der Waals surface area (Å²) in [5, 5.41) is 10.6. The van der Waals surface area contributed by atoms with Gasteiger partial charge in [-0.2, -0.15) is 0 Å². The maximum absolute atomic E-state index is 11.6. The Hall–Kier alpha value is -2.31. The fraction of sp³-hybridized carbons (Fsp3) is 0.389. The molecule has 0 aliphatic carbocycles. The van der Waals surface area contributed by atoms with Crippen LogP contribution in [0.5, 0.6) is 0 Å². The zero-order valence-electron chi connectivity index (χ0n) is 14.1. The maximum Gasteiger partial charge on any atom is 0.338 e. The summed E-state index contributed by atoms with van der Waals surface area (Å²) < 4.78 is 5.06. The minimum Gasteiger partial charge on any atom is -0.457 e. The Morgan fingerprint density at radius 3 is 2.71 bits per heavy atom. The van der Waals surface area contributed by atoms with E-state index in [0.29, 0.717) is 18.7 Å². The highest BCUT2D eigenvalue weighted by molar-refractivity contribution is 5.93. The summed E-state index contributed by atoms with van der Waals surface area (Å²) in [6.45, 7) is 5.19. The van der Waals surface area contributed by atoms with Crippen molar-refractivity contribution in [1.82, 2.24) is 14.9 Å². The van der Waals surface area contributed by atoms with Gasteiger partial charge in [0.05, 0.1) is 11.7 Å². The molecule has 126 valence electrons. The van der Waals surface area contributed by atoms with Gasteiger partial charge in [-0.05, 0) is 38.1 Å². The fourth-order valence-electron chi connectivity index (χ4n) is 3.00. The van der Waals surface area contributed by atoms with Crippen molar-refractivity contribution in [3.63, 3.8) is 0 Å². The number of ether oxygens (including phenoxy) is 1. The van der Waals surface area contributed by atoms with Crippen molar-refractivity contribution in [2.75, 3.05) is 13.6 Å². The topological polar surface area (TPSA) is 75.6 Å². The van der Waals surface area contributed by atoms with E-state index < -0.39 is 6.10 Å². The highest BCUT2D eigenvalue weighted by Crippen LogP contribution is 2.29. The second kappa shape index (κ2) is 6.67. The lowest BCUT2D eigenvalue weighted by atomic mass is 9.95. The van der Waals surface area contributed by atoms with Crippen molar-refractivity contribution >= 4 is 5.97 Å². The maximum atomic E-state index is 11.6. The molecule has 0 saturated heterocycles. The van der Waals surface area contributed by atoms with E-state index in [0.717, 1.165) is 28.1 Å². The van der Waals surface area contributed by atoms with Crippen LogP contribution < -0.4 is 0 Å². The summed E-state index contributed by atoms with van der Waals surface area (Å²) in [6, 6.07) is 3.55. The highest BCUT2D eigenvalue weighted by atomic mass is 16.5. The average molecular weight is 327 g/mol. The summed E-state index contributed by atoms with van der Waals surface area (Å²) >= 11 is 0. The number of aliphatic hydroxyl groups is 1. The summed E-state index contributed by atoms with van der Waals surface area (Å²) in [7, 11) is 1.94. The van der Waals surface area contributed by atoms with Gasteiger partial charge >= 0.3 is 5.97 Å². The largest absolute Gasteiger partial charge is 0.457 e. The zero-order valence-corrected chi connectivity index (χ0v) is 14.1. The number of hydrogen-bond acceptors (Lipinski definition) is 6. The molecule has 0 saturated carbocycles. The standard InChI is InChI=1S/C18H21N3O3/c1-11-14(4-5-15-16(11)10-24-18(15)23)17(22)9-21(3)8-13-6-19-12(2)20-7-13/h4-7,17,22H,8-10H2,1-3H3. The number of carbonyl (C=O) groups is 1. The monoisotopic (exact) mass is 327 g/mol. The van der Waals surface area contributed by atoms with Crippen molar-refractivity contribution in [1.29, 1.82) is 0 Å². The van der Waals surface area contributed by atoms with Crippen LogP contribution in [0.3, 0.4) is 0 Å². The van der Waals surface area contributed by atoms with E-state index in [2.05, 4.69) is 9.97 Å². The van der Waals surface area contributed by atoms with Crippen LogP contribution in [0, 0.1) is 13.8 Å². The Morgan fingerprint density at radius 1 is 1.29 bits per heavy atom. The quantitative estimate of drug-likeness (QED) is 0.846. The van der Waals surface area contributed by atoms with Gasteiger partial charge in [0.15, 0.2) is 0 Å². The first-order valence-corrected chi connectivity index (χ1v) is 7.89. The van der Waals surface area contributed by atoms with Gasteiger partial charge in [0, 0.05) is 36.6 Å². The van der Waals surface area contributed by atoms with E-state index in [9.17, 15) is 9.90 Å². The number of rotatable bonds is 5. The van der Waals surface area contributed by atoms with Crippen LogP contribution >= 0.6 is 0 Å². The number of cyclic esters (lactones) is 1. The number of hydrogen-bond donors (Lipinski definition) is 1. The van der Waals surface area contributed by atoms with E-state index in [1.54, 1.807) is 18.5 Å². The molecule has 1 aromatic carbocycles. The summed E-state index contributed by atoms with van der Waals surface area (Å²) in [6.07, 6.45) is 2.96. The summed E-state index contributed by atoms with van der Waals surface area (Å²) in [4.78, 5) is 22.0. The first-order chi connectivity index (χ1) is 11.5. The van der Waals surface area contributed by atoms with Gasteiger partial charge < -0.3 is 9.84 Å². The Kier molecular flexibility index (Phi) is 4.59. The minimum absolute atomic E-state index is 0.286. The predicted molar refractivity (Wildman–Crippen MR) is 88.4 cm³/mol. The molecule has 2 aromatic rings. The molecule has 6 heteroatoms. The van der Waals surface area contributed by atoms with E-state index in [1.807, 2.05) is 31.9 Å². The smallest absolute Gasteiger partial charge is 0.338 e. The molecule has 0 fully saturated rings. The van der Waals surface area contributed by atoms with Crippen LogP contribution in [0.1, 0.15) is 44.5 Å². The molecule has 0 bridgehead atoms. The Labute approximate surface area is 141 Å². The van der Waals surface area contributed by atoms with E-state index in [-0.39, 0.29) is 12.6 Å². The molecule has 0 spiro atoms. The van der Waals surface area contributed by atoms with Crippen LogP contribution in [-0.4, -0.2) is 39.5 Å². The van der Waals surface area contributed by atoms with Gasteiger partial charge in [-0.1, -0.05) is 6.07 Å². The lowest BCUT2D eigenvalue weighted by molar-refractivity contribution is 0.0535. The lowest BCUT2D eigenvalue weighted by Gasteiger charge is -2.22. The fourth-order valence-corrected chi connectivity index (χ4v) is 3.00. The molecule has 2 heterocycles. The number of carbonyl (C=O) groups excluding carboxylic acids is 1. The molecule has 1 N–H and O–H groups in total. The van der Waals surface area contributed by atoms with Crippen molar-refractivity contribution in [2.45, 2.75) is 33.1 Å². The van der Waals surface area contributed by atoms with Gasteiger partial charge in [0.25, 0.3) is 0 Å². The normalized spacial score (nSPS) is 14.6. The number of aromatic nitrogens is 2. The van der Waals surface area contributed by atoms with E-state index in [1.165, 1.54) is 0 Å². The van der Waals surface area contributed by atoms with Gasteiger partial charge in [-0.15, -0.1) is 0 Å².